The zero-order valence-electron chi connectivity index (χ0n) is 11.2. The molecule has 1 aliphatic heterocycles. The number of hydrogen-bond acceptors (Lipinski definition) is 2. The summed E-state index contributed by atoms with van der Waals surface area (Å²) in [5.74, 6) is -0.511. The molecule has 1 aromatic carbocycles. The van der Waals surface area contributed by atoms with Gasteiger partial charge >= 0.3 is 5.97 Å². The number of carbonyl (C=O) groups excluding carboxylic acids is 1. The maximum absolute atomic E-state index is 12.4. The van der Waals surface area contributed by atoms with Crippen LogP contribution in [0, 0.1) is 5.92 Å². The Morgan fingerprint density at radius 1 is 1.35 bits per heavy atom. The number of amides is 1. The van der Waals surface area contributed by atoms with Gasteiger partial charge in [0.2, 0.25) is 5.91 Å². The lowest BCUT2D eigenvalue weighted by atomic mass is 10.0. The topological polar surface area (TPSA) is 57.6 Å². The minimum absolute atomic E-state index is 0.0999. The summed E-state index contributed by atoms with van der Waals surface area (Å²) < 4.78 is 0. The van der Waals surface area contributed by atoms with E-state index in [4.69, 9.17) is 5.11 Å². The van der Waals surface area contributed by atoms with Gasteiger partial charge in [-0.25, -0.2) is 4.79 Å². The Hall–Kier alpha value is -2.10. The fraction of sp³-hybridized carbons (Fsp3) is 0.375. The molecule has 0 aromatic heterocycles. The van der Waals surface area contributed by atoms with Gasteiger partial charge in [-0.15, -0.1) is 0 Å². The predicted molar refractivity (Wildman–Crippen MR) is 75.9 cm³/mol. The van der Waals surface area contributed by atoms with Crippen molar-refractivity contribution in [1.29, 1.82) is 0 Å². The SMILES string of the molecule is O=C(O)c1ccc2c(c1)N(C(=O)CC1C=CCC1)CC2. The van der Waals surface area contributed by atoms with Gasteiger partial charge in [-0.05, 0) is 42.9 Å². The second-order valence-electron chi connectivity index (χ2n) is 5.41. The number of anilines is 1. The molecule has 1 N–H and O–H groups in total. The number of fused-ring (bicyclic) bond motifs is 1. The van der Waals surface area contributed by atoms with Gasteiger partial charge in [0, 0.05) is 18.7 Å². The predicted octanol–water partition coefficient (Wildman–Crippen LogP) is 2.63. The lowest BCUT2D eigenvalue weighted by Gasteiger charge is -2.19. The highest BCUT2D eigenvalue weighted by atomic mass is 16.4. The maximum Gasteiger partial charge on any atom is 0.335 e. The van der Waals surface area contributed by atoms with Gasteiger partial charge in [0.1, 0.15) is 0 Å². The van der Waals surface area contributed by atoms with Gasteiger partial charge in [0.15, 0.2) is 0 Å². The van der Waals surface area contributed by atoms with Crippen LogP contribution >= 0.6 is 0 Å². The van der Waals surface area contributed by atoms with Crippen molar-refractivity contribution in [1.82, 2.24) is 0 Å². The number of rotatable bonds is 3. The Kier molecular flexibility index (Phi) is 3.30. The standard InChI is InChI=1S/C16H17NO3/c18-15(9-11-3-1-2-4-11)17-8-7-12-5-6-13(16(19)20)10-14(12)17/h1,3,5-6,10-11H,2,4,7-9H2,(H,19,20). The first-order chi connectivity index (χ1) is 9.65. The van der Waals surface area contributed by atoms with E-state index in [9.17, 15) is 9.59 Å². The van der Waals surface area contributed by atoms with Crippen molar-refractivity contribution in [2.45, 2.75) is 25.7 Å². The highest BCUT2D eigenvalue weighted by molar-refractivity contribution is 5.98. The maximum atomic E-state index is 12.4. The van der Waals surface area contributed by atoms with Crippen LogP contribution in [0.4, 0.5) is 5.69 Å². The average Bonchev–Trinajstić information content (AvgIpc) is 3.06. The van der Waals surface area contributed by atoms with E-state index in [2.05, 4.69) is 12.2 Å². The van der Waals surface area contributed by atoms with E-state index in [1.807, 2.05) is 6.07 Å². The summed E-state index contributed by atoms with van der Waals surface area (Å²) in [6.07, 6.45) is 7.66. The summed E-state index contributed by atoms with van der Waals surface area (Å²) in [5.41, 5.74) is 2.08. The van der Waals surface area contributed by atoms with Gasteiger partial charge in [0.05, 0.1) is 5.56 Å². The van der Waals surface area contributed by atoms with Gasteiger partial charge in [0.25, 0.3) is 0 Å². The van der Waals surface area contributed by atoms with Gasteiger partial charge in [-0.2, -0.15) is 0 Å². The van der Waals surface area contributed by atoms with Crippen molar-refractivity contribution in [3.05, 3.63) is 41.5 Å². The molecule has 4 heteroatoms. The fourth-order valence-corrected chi connectivity index (χ4v) is 2.97. The Morgan fingerprint density at radius 2 is 2.20 bits per heavy atom. The molecule has 0 spiro atoms. The quantitative estimate of drug-likeness (QED) is 0.860. The highest BCUT2D eigenvalue weighted by Gasteiger charge is 2.27. The Labute approximate surface area is 117 Å². The third-order valence-electron chi connectivity index (χ3n) is 4.08. The third kappa shape index (κ3) is 2.33. The monoisotopic (exact) mass is 271 g/mol. The summed E-state index contributed by atoms with van der Waals surface area (Å²) >= 11 is 0. The van der Waals surface area contributed by atoms with Crippen LogP contribution in [-0.4, -0.2) is 23.5 Å². The fourth-order valence-electron chi connectivity index (χ4n) is 2.97. The van der Waals surface area contributed by atoms with Crippen LogP contribution in [0.25, 0.3) is 0 Å². The molecule has 3 rings (SSSR count). The molecular formula is C16H17NO3. The molecule has 0 saturated carbocycles. The van der Waals surface area contributed by atoms with Crippen LogP contribution in [0.1, 0.15) is 35.2 Å². The van der Waals surface area contributed by atoms with E-state index in [0.717, 1.165) is 30.5 Å². The molecule has 1 aliphatic carbocycles. The molecule has 0 saturated heterocycles. The van der Waals surface area contributed by atoms with Crippen LogP contribution < -0.4 is 4.90 Å². The molecule has 0 bridgehead atoms. The van der Waals surface area contributed by atoms with E-state index in [1.165, 1.54) is 0 Å². The largest absolute Gasteiger partial charge is 0.478 e. The number of nitrogens with zero attached hydrogens (tertiary/aromatic N) is 1. The zero-order chi connectivity index (χ0) is 14.1. The lowest BCUT2D eigenvalue weighted by Crippen LogP contribution is -2.30. The average molecular weight is 271 g/mol. The summed E-state index contributed by atoms with van der Waals surface area (Å²) in [5, 5.41) is 9.06. The molecule has 104 valence electrons. The molecular weight excluding hydrogens is 254 g/mol. The number of carboxylic acid groups (broad SMARTS) is 1. The van der Waals surface area contributed by atoms with Crippen molar-refractivity contribution in [3.8, 4) is 0 Å². The number of hydrogen-bond donors (Lipinski definition) is 1. The van der Waals surface area contributed by atoms with Crippen molar-refractivity contribution in [2.75, 3.05) is 11.4 Å². The van der Waals surface area contributed by atoms with E-state index in [1.54, 1.807) is 17.0 Å². The highest BCUT2D eigenvalue weighted by Crippen LogP contribution is 2.31. The van der Waals surface area contributed by atoms with E-state index < -0.39 is 5.97 Å². The van der Waals surface area contributed by atoms with Crippen LogP contribution in [0.5, 0.6) is 0 Å². The Morgan fingerprint density at radius 3 is 2.90 bits per heavy atom. The van der Waals surface area contributed by atoms with E-state index >= 15 is 0 Å². The summed E-state index contributed by atoms with van der Waals surface area (Å²) in [6.45, 7) is 0.660. The first kappa shape index (κ1) is 12.9. The van der Waals surface area contributed by atoms with Crippen LogP contribution in [0.2, 0.25) is 0 Å². The van der Waals surface area contributed by atoms with Crippen molar-refractivity contribution < 1.29 is 14.7 Å². The van der Waals surface area contributed by atoms with Crippen LogP contribution in [0.15, 0.2) is 30.4 Å². The minimum atomic E-state index is -0.953. The molecule has 0 fully saturated rings. The molecule has 4 nitrogen and oxygen atoms in total. The van der Waals surface area contributed by atoms with Crippen molar-refractivity contribution >= 4 is 17.6 Å². The Bertz CT molecular complexity index is 591. The summed E-state index contributed by atoms with van der Waals surface area (Å²) in [6, 6.07) is 5.05. The minimum Gasteiger partial charge on any atom is -0.478 e. The first-order valence-electron chi connectivity index (χ1n) is 6.98. The number of allylic oxidation sites excluding steroid dienone is 2. The second kappa shape index (κ2) is 5.12. The molecule has 20 heavy (non-hydrogen) atoms. The van der Waals surface area contributed by atoms with Crippen LogP contribution in [0.3, 0.4) is 0 Å². The molecule has 0 radical (unpaired) electrons. The smallest absolute Gasteiger partial charge is 0.335 e. The third-order valence-corrected chi connectivity index (χ3v) is 4.08. The van der Waals surface area contributed by atoms with Crippen molar-refractivity contribution in [3.63, 3.8) is 0 Å². The molecule has 1 heterocycles. The number of benzene rings is 1. The molecule has 1 aromatic rings. The molecule has 2 aliphatic rings. The molecule has 1 unspecified atom stereocenters. The van der Waals surface area contributed by atoms with E-state index in [0.29, 0.717) is 18.9 Å². The normalized spacial score (nSPS) is 20.2. The number of aromatic carboxylic acids is 1. The second-order valence-corrected chi connectivity index (χ2v) is 5.41. The lowest BCUT2D eigenvalue weighted by molar-refractivity contribution is -0.119. The van der Waals surface area contributed by atoms with Gasteiger partial charge in [-0.1, -0.05) is 18.2 Å². The number of carbonyl (C=O) groups is 2. The van der Waals surface area contributed by atoms with Gasteiger partial charge in [-0.3, -0.25) is 4.79 Å². The van der Waals surface area contributed by atoms with Crippen LogP contribution in [-0.2, 0) is 11.2 Å². The molecule has 1 amide bonds. The van der Waals surface area contributed by atoms with E-state index in [-0.39, 0.29) is 11.5 Å². The van der Waals surface area contributed by atoms with Crippen molar-refractivity contribution in [2.24, 2.45) is 5.92 Å². The van der Waals surface area contributed by atoms with Gasteiger partial charge < -0.3 is 10.0 Å². The first-order valence-corrected chi connectivity index (χ1v) is 6.98. The molecule has 1 atom stereocenters. The summed E-state index contributed by atoms with van der Waals surface area (Å²) in [4.78, 5) is 25.2. The zero-order valence-corrected chi connectivity index (χ0v) is 11.2. The Balaban J connectivity index is 1.80. The summed E-state index contributed by atoms with van der Waals surface area (Å²) in [7, 11) is 0. The number of carboxylic acids is 1.